The van der Waals surface area contributed by atoms with Gasteiger partial charge in [0.1, 0.15) is 28.7 Å². The molecule has 1 fully saturated rings. The quantitative estimate of drug-likeness (QED) is 0.431. The van der Waals surface area contributed by atoms with Crippen LogP contribution in [0.5, 0.6) is 0 Å². The minimum absolute atomic E-state index is 0.119. The van der Waals surface area contributed by atoms with Gasteiger partial charge in [0.05, 0.1) is 6.04 Å². The number of rotatable bonds is 5. The lowest BCUT2D eigenvalue weighted by Gasteiger charge is -2.22. The molecule has 5 rings (SSSR count). The third-order valence-electron chi connectivity index (χ3n) is 6.20. The van der Waals surface area contributed by atoms with E-state index in [4.69, 9.17) is 10.7 Å². The van der Waals surface area contributed by atoms with Crippen molar-refractivity contribution in [3.63, 3.8) is 0 Å². The third kappa shape index (κ3) is 4.12. The molecule has 35 heavy (non-hydrogen) atoms. The zero-order valence-electron chi connectivity index (χ0n) is 19.3. The van der Waals surface area contributed by atoms with Gasteiger partial charge in [-0.15, -0.1) is 0 Å². The zero-order valence-corrected chi connectivity index (χ0v) is 19.3. The molecule has 2 amide bonds. The maximum Gasteiger partial charge on any atom is 0.256 e. The van der Waals surface area contributed by atoms with Crippen LogP contribution in [0.2, 0.25) is 0 Å². The number of carbonyl (C=O) groups excluding carboxylic acids is 2. The Bertz CT molecular complexity index is 1440. The number of anilines is 2. The van der Waals surface area contributed by atoms with Gasteiger partial charge in [-0.2, -0.15) is 0 Å². The van der Waals surface area contributed by atoms with Crippen molar-refractivity contribution in [2.75, 3.05) is 17.6 Å². The van der Waals surface area contributed by atoms with Crippen LogP contribution in [-0.2, 0) is 4.79 Å². The molecular formula is C26H25N7O2. The van der Waals surface area contributed by atoms with E-state index in [-0.39, 0.29) is 17.9 Å². The summed E-state index contributed by atoms with van der Waals surface area (Å²) in [6, 6.07) is 10.6. The highest BCUT2D eigenvalue weighted by Gasteiger charge is 2.33. The predicted molar refractivity (Wildman–Crippen MR) is 134 cm³/mol. The van der Waals surface area contributed by atoms with Gasteiger partial charge in [0.15, 0.2) is 0 Å². The number of carbonyl (C=O) groups is 2. The predicted octanol–water partition coefficient (Wildman–Crippen LogP) is 3.78. The summed E-state index contributed by atoms with van der Waals surface area (Å²) >= 11 is 0. The molecule has 0 spiro atoms. The summed E-state index contributed by atoms with van der Waals surface area (Å²) in [5, 5.41) is 2.81. The summed E-state index contributed by atoms with van der Waals surface area (Å²) in [5.74, 6) is 1.19. The van der Waals surface area contributed by atoms with Crippen LogP contribution in [0.15, 0.2) is 67.6 Å². The van der Waals surface area contributed by atoms with Gasteiger partial charge in [-0.05, 0) is 55.7 Å². The van der Waals surface area contributed by atoms with E-state index >= 15 is 0 Å². The van der Waals surface area contributed by atoms with Crippen molar-refractivity contribution < 1.29 is 9.59 Å². The maximum absolute atomic E-state index is 12.7. The molecule has 3 N–H and O–H groups in total. The van der Waals surface area contributed by atoms with Crippen LogP contribution in [0, 0.1) is 6.92 Å². The number of nitrogen functional groups attached to an aromatic ring is 1. The number of aromatic nitrogens is 4. The normalized spacial score (nSPS) is 15.3. The zero-order chi connectivity index (χ0) is 24.5. The first kappa shape index (κ1) is 22.3. The first-order valence-electron chi connectivity index (χ1n) is 11.4. The summed E-state index contributed by atoms with van der Waals surface area (Å²) in [4.78, 5) is 40.3. The van der Waals surface area contributed by atoms with Gasteiger partial charge in [0.25, 0.3) is 5.91 Å². The molecule has 1 atom stereocenters. The van der Waals surface area contributed by atoms with Gasteiger partial charge in [0.2, 0.25) is 5.91 Å². The SMILES string of the molecule is C=CC(=O)N1CCC[C@H]1c1nc(-c2ccc(C(=O)Nc3cc(C)ccn3)cc2)c2c(N)nccn12. The number of amides is 2. The highest BCUT2D eigenvalue weighted by Crippen LogP contribution is 2.36. The van der Waals surface area contributed by atoms with Crippen LogP contribution < -0.4 is 11.1 Å². The van der Waals surface area contributed by atoms with E-state index in [0.29, 0.717) is 35.0 Å². The van der Waals surface area contributed by atoms with Gasteiger partial charge in [-0.3, -0.25) is 14.0 Å². The molecule has 9 nitrogen and oxygen atoms in total. The number of hydrogen-bond donors (Lipinski definition) is 2. The summed E-state index contributed by atoms with van der Waals surface area (Å²) in [5.41, 5.74) is 9.87. The molecule has 0 saturated carbocycles. The molecule has 1 saturated heterocycles. The van der Waals surface area contributed by atoms with E-state index in [0.717, 1.165) is 29.8 Å². The second-order valence-electron chi connectivity index (χ2n) is 8.49. The van der Waals surface area contributed by atoms with Crippen LogP contribution in [-0.4, -0.2) is 42.6 Å². The lowest BCUT2D eigenvalue weighted by atomic mass is 10.1. The number of pyridine rings is 1. The van der Waals surface area contributed by atoms with E-state index in [9.17, 15) is 9.59 Å². The lowest BCUT2D eigenvalue weighted by molar-refractivity contribution is -0.127. The van der Waals surface area contributed by atoms with Crippen molar-refractivity contribution in [1.29, 1.82) is 0 Å². The molecule has 1 aliphatic rings. The monoisotopic (exact) mass is 467 g/mol. The molecular weight excluding hydrogens is 442 g/mol. The smallest absolute Gasteiger partial charge is 0.256 e. The Morgan fingerprint density at radius 2 is 1.97 bits per heavy atom. The fourth-order valence-electron chi connectivity index (χ4n) is 4.51. The van der Waals surface area contributed by atoms with Gasteiger partial charge in [-0.25, -0.2) is 15.0 Å². The number of hydrogen-bond acceptors (Lipinski definition) is 6. The summed E-state index contributed by atoms with van der Waals surface area (Å²) in [7, 11) is 0. The number of nitrogens with one attached hydrogen (secondary N) is 1. The molecule has 0 unspecified atom stereocenters. The molecule has 1 aromatic carbocycles. The molecule has 0 bridgehead atoms. The molecule has 9 heteroatoms. The van der Waals surface area contributed by atoms with Crippen molar-refractivity contribution in [3.05, 3.63) is 84.6 Å². The number of nitrogens with two attached hydrogens (primary N) is 1. The fraction of sp³-hybridized carbons (Fsp3) is 0.192. The Hall–Kier alpha value is -4.53. The first-order valence-corrected chi connectivity index (χ1v) is 11.4. The van der Waals surface area contributed by atoms with Crippen molar-refractivity contribution in [2.45, 2.75) is 25.8 Å². The minimum atomic E-state index is -0.254. The van der Waals surface area contributed by atoms with E-state index in [1.807, 2.05) is 41.8 Å². The Labute approximate surface area is 202 Å². The second kappa shape index (κ2) is 9.02. The third-order valence-corrected chi connectivity index (χ3v) is 6.20. The highest BCUT2D eigenvalue weighted by atomic mass is 16.2. The minimum Gasteiger partial charge on any atom is -0.382 e. The van der Waals surface area contributed by atoms with Crippen LogP contribution in [0.25, 0.3) is 16.8 Å². The fourth-order valence-corrected chi connectivity index (χ4v) is 4.51. The summed E-state index contributed by atoms with van der Waals surface area (Å²) in [6.07, 6.45) is 8.10. The maximum atomic E-state index is 12.7. The van der Waals surface area contributed by atoms with Crippen molar-refractivity contribution in [2.24, 2.45) is 0 Å². The molecule has 4 aromatic rings. The van der Waals surface area contributed by atoms with E-state index < -0.39 is 0 Å². The average Bonchev–Trinajstić information content (AvgIpc) is 3.49. The van der Waals surface area contributed by atoms with E-state index in [1.165, 1.54) is 6.08 Å². The molecule has 4 heterocycles. The summed E-state index contributed by atoms with van der Waals surface area (Å²) < 4.78 is 1.90. The van der Waals surface area contributed by atoms with Gasteiger partial charge in [-0.1, -0.05) is 18.7 Å². The molecule has 3 aromatic heterocycles. The van der Waals surface area contributed by atoms with E-state index in [2.05, 4.69) is 21.9 Å². The lowest BCUT2D eigenvalue weighted by Crippen LogP contribution is -2.29. The number of fused-ring (bicyclic) bond motifs is 1. The van der Waals surface area contributed by atoms with Crippen molar-refractivity contribution >= 4 is 29.0 Å². The van der Waals surface area contributed by atoms with Crippen molar-refractivity contribution in [3.8, 4) is 11.3 Å². The van der Waals surface area contributed by atoms with E-state index in [1.54, 1.807) is 29.4 Å². The molecule has 0 aliphatic carbocycles. The van der Waals surface area contributed by atoms with Gasteiger partial charge in [0, 0.05) is 36.3 Å². The first-order chi connectivity index (χ1) is 17.0. The standard InChI is InChI=1S/C26H25N7O2/c1-3-21(34)32-13-4-5-19(32)25-31-22(23-24(27)29-12-14-33(23)25)17-6-8-18(9-7-17)26(35)30-20-15-16(2)10-11-28-20/h3,6-12,14-15,19H,1,4-5,13H2,2H3,(H2,27,29)(H,28,30,35)/t19-/m0/s1. The summed E-state index contributed by atoms with van der Waals surface area (Å²) in [6.45, 7) is 6.22. The van der Waals surface area contributed by atoms with Crippen LogP contribution in [0.4, 0.5) is 11.6 Å². The second-order valence-corrected chi connectivity index (χ2v) is 8.49. The average molecular weight is 468 g/mol. The van der Waals surface area contributed by atoms with Gasteiger partial charge < -0.3 is 16.0 Å². The topological polar surface area (TPSA) is 119 Å². The number of nitrogens with zero attached hydrogens (tertiary/aromatic N) is 5. The van der Waals surface area contributed by atoms with Crippen LogP contribution in [0.3, 0.4) is 0 Å². The number of imidazole rings is 1. The van der Waals surface area contributed by atoms with Crippen molar-refractivity contribution in [1.82, 2.24) is 24.3 Å². The Kier molecular flexibility index (Phi) is 5.74. The number of benzene rings is 1. The highest BCUT2D eigenvalue weighted by molar-refractivity contribution is 6.04. The Balaban J connectivity index is 1.50. The van der Waals surface area contributed by atoms with Crippen LogP contribution in [0.1, 0.15) is 40.6 Å². The van der Waals surface area contributed by atoms with Crippen LogP contribution >= 0.6 is 0 Å². The number of likely N-dealkylation sites (tertiary alicyclic amines) is 1. The molecule has 176 valence electrons. The molecule has 0 radical (unpaired) electrons. The van der Waals surface area contributed by atoms with Gasteiger partial charge >= 0.3 is 0 Å². The Morgan fingerprint density at radius 3 is 2.71 bits per heavy atom. The molecule has 1 aliphatic heterocycles. The Morgan fingerprint density at radius 1 is 1.17 bits per heavy atom. The number of aryl methyl sites for hydroxylation is 1. The largest absolute Gasteiger partial charge is 0.382 e.